The SMILES string of the molecule is O=C1CC(Br)CN1c1ccncc1Br. The van der Waals surface area contributed by atoms with E-state index >= 15 is 0 Å². The maximum absolute atomic E-state index is 11.6. The Morgan fingerprint density at radius 1 is 1.57 bits per heavy atom. The van der Waals surface area contributed by atoms with Crippen molar-refractivity contribution in [2.45, 2.75) is 11.2 Å². The standard InChI is InChI=1S/C9H8Br2N2O/c10-6-3-9(14)13(5-6)8-1-2-12-4-7(8)11/h1-2,4,6H,3,5H2. The Labute approximate surface area is 98.8 Å². The molecule has 1 aromatic rings. The van der Waals surface area contributed by atoms with Gasteiger partial charge >= 0.3 is 0 Å². The number of halogens is 2. The fraction of sp³-hybridized carbons (Fsp3) is 0.333. The summed E-state index contributed by atoms with van der Waals surface area (Å²) >= 11 is 6.83. The zero-order valence-electron chi connectivity index (χ0n) is 7.28. The number of hydrogen-bond donors (Lipinski definition) is 0. The third-order valence-electron chi connectivity index (χ3n) is 2.12. The van der Waals surface area contributed by atoms with Crippen molar-refractivity contribution in [2.24, 2.45) is 0 Å². The maximum Gasteiger partial charge on any atom is 0.228 e. The second kappa shape index (κ2) is 3.98. The molecule has 1 amide bonds. The second-order valence-electron chi connectivity index (χ2n) is 3.13. The van der Waals surface area contributed by atoms with Crippen LogP contribution in [0.3, 0.4) is 0 Å². The number of alkyl halides is 1. The van der Waals surface area contributed by atoms with Gasteiger partial charge in [-0.05, 0) is 22.0 Å². The lowest BCUT2D eigenvalue weighted by atomic mass is 10.3. The van der Waals surface area contributed by atoms with E-state index in [4.69, 9.17) is 0 Å². The molecule has 74 valence electrons. The molecule has 2 heterocycles. The van der Waals surface area contributed by atoms with Crippen LogP contribution in [-0.4, -0.2) is 22.3 Å². The van der Waals surface area contributed by atoms with Gasteiger partial charge in [0, 0.05) is 30.2 Å². The van der Waals surface area contributed by atoms with Gasteiger partial charge in [0.25, 0.3) is 0 Å². The first-order valence-electron chi connectivity index (χ1n) is 4.22. The molecule has 1 aliphatic rings. The summed E-state index contributed by atoms with van der Waals surface area (Å²) in [5.41, 5.74) is 0.895. The Balaban J connectivity index is 2.32. The molecule has 1 atom stereocenters. The van der Waals surface area contributed by atoms with Gasteiger partial charge in [-0.3, -0.25) is 9.78 Å². The summed E-state index contributed by atoms with van der Waals surface area (Å²) in [4.78, 5) is 17.6. The van der Waals surface area contributed by atoms with E-state index in [1.807, 2.05) is 6.07 Å². The number of carbonyl (C=O) groups excluding carboxylic acids is 1. The van der Waals surface area contributed by atoms with Gasteiger partial charge in [0.2, 0.25) is 5.91 Å². The van der Waals surface area contributed by atoms with Crippen molar-refractivity contribution < 1.29 is 4.79 Å². The van der Waals surface area contributed by atoms with Gasteiger partial charge in [-0.15, -0.1) is 0 Å². The van der Waals surface area contributed by atoms with Crippen molar-refractivity contribution in [3.05, 3.63) is 22.9 Å². The molecule has 0 radical (unpaired) electrons. The molecule has 1 aliphatic heterocycles. The van der Waals surface area contributed by atoms with Crippen LogP contribution in [0.4, 0.5) is 5.69 Å². The van der Waals surface area contributed by atoms with E-state index in [1.54, 1.807) is 17.3 Å². The van der Waals surface area contributed by atoms with Crippen molar-refractivity contribution in [3.8, 4) is 0 Å². The number of carbonyl (C=O) groups is 1. The van der Waals surface area contributed by atoms with Crippen LogP contribution in [-0.2, 0) is 4.79 Å². The topological polar surface area (TPSA) is 33.2 Å². The van der Waals surface area contributed by atoms with E-state index in [0.29, 0.717) is 6.42 Å². The van der Waals surface area contributed by atoms with Crippen LogP contribution in [0.5, 0.6) is 0 Å². The van der Waals surface area contributed by atoms with Gasteiger partial charge in [0.15, 0.2) is 0 Å². The van der Waals surface area contributed by atoms with E-state index in [1.165, 1.54) is 0 Å². The van der Waals surface area contributed by atoms with Crippen LogP contribution in [0, 0.1) is 0 Å². The number of hydrogen-bond acceptors (Lipinski definition) is 2. The van der Waals surface area contributed by atoms with Crippen LogP contribution < -0.4 is 4.90 Å². The minimum absolute atomic E-state index is 0.152. The number of anilines is 1. The molecule has 0 aromatic carbocycles. The Hall–Kier alpha value is -0.420. The highest BCUT2D eigenvalue weighted by Crippen LogP contribution is 2.30. The molecular weight excluding hydrogens is 312 g/mol. The van der Waals surface area contributed by atoms with Crippen LogP contribution in [0.15, 0.2) is 22.9 Å². The van der Waals surface area contributed by atoms with Crippen LogP contribution in [0.25, 0.3) is 0 Å². The van der Waals surface area contributed by atoms with E-state index in [-0.39, 0.29) is 10.7 Å². The normalized spacial score (nSPS) is 21.7. The van der Waals surface area contributed by atoms with Crippen molar-refractivity contribution in [2.75, 3.05) is 11.4 Å². The minimum Gasteiger partial charge on any atom is -0.310 e. The highest BCUT2D eigenvalue weighted by Gasteiger charge is 2.29. The van der Waals surface area contributed by atoms with E-state index in [9.17, 15) is 4.79 Å². The summed E-state index contributed by atoms with van der Waals surface area (Å²) in [7, 11) is 0. The summed E-state index contributed by atoms with van der Waals surface area (Å²) in [6, 6.07) is 1.84. The first-order valence-corrected chi connectivity index (χ1v) is 5.93. The van der Waals surface area contributed by atoms with Crippen molar-refractivity contribution >= 4 is 43.5 Å². The zero-order chi connectivity index (χ0) is 10.1. The molecular formula is C9H8Br2N2O. The van der Waals surface area contributed by atoms with Crippen LogP contribution in [0.2, 0.25) is 0 Å². The van der Waals surface area contributed by atoms with Gasteiger partial charge in [-0.25, -0.2) is 0 Å². The number of nitrogens with zero attached hydrogens (tertiary/aromatic N) is 2. The second-order valence-corrected chi connectivity index (χ2v) is 5.28. The molecule has 1 fully saturated rings. The maximum atomic E-state index is 11.6. The molecule has 3 nitrogen and oxygen atoms in total. The highest BCUT2D eigenvalue weighted by atomic mass is 79.9. The molecule has 0 spiro atoms. The smallest absolute Gasteiger partial charge is 0.228 e. The van der Waals surface area contributed by atoms with E-state index in [0.717, 1.165) is 16.7 Å². The van der Waals surface area contributed by atoms with E-state index in [2.05, 4.69) is 36.8 Å². The average molecular weight is 320 g/mol. The summed E-state index contributed by atoms with van der Waals surface area (Å²) in [6.45, 7) is 0.724. The third-order valence-corrected chi connectivity index (χ3v) is 3.34. The lowest BCUT2D eigenvalue weighted by Crippen LogP contribution is -2.24. The van der Waals surface area contributed by atoms with Crippen molar-refractivity contribution in [1.82, 2.24) is 4.98 Å². The fourth-order valence-electron chi connectivity index (χ4n) is 1.48. The van der Waals surface area contributed by atoms with Gasteiger partial charge in [0.05, 0.1) is 10.2 Å². The van der Waals surface area contributed by atoms with Gasteiger partial charge in [-0.2, -0.15) is 0 Å². The number of pyridine rings is 1. The quantitative estimate of drug-likeness (QED) is 0.744. The number of aromatic nitrogens is 1. The lowest BCUT2D eigenvalue weighted by molar-refractivity contribution is -0.117. The molecule has 2 rings (SSSR count). The monoisotopic (exact) mass is 318 g/mol. The van der Waals surface area contributed by atoms with Crippen molar-refractivity contribution in [3.63, 3.8) is 0 Å². The predicted molar refractivity (Wildman–Crippen MR) is 61.6 cm³/mol. The number of amides is 1. The predicted octanol–water partition coefficient (Wildman–Crippen LogP) is 2.34. The number of rotatable bonds is 1. The third kappa shape index (κ3) is 1.83. The van der Waals surface area contributed by atoms with Gasteiger partial charge in [-0.1, -0.05) is 15.9 Å². The molecule has 14 heavy (non-hydrogen) atoms. The Morgan fingerprint density at radius 2 is 2.36 bits per heavy atom. The Morgan fingerprint density at radius 3 is 2.93 bits per heavy atom. The lowest BCUT2D eigenvalue weighted by Gasteiger charge is -2.16. The highest BCUT2D eigenvalue weighted by molar-refractivity contribution is 9.10. The van der Waals surface area contributed by atoms with Gasteiger partial charge in [0.1, 0.15) is 0 Å². The first kappa shape index (κ1) is 10.1. The molecule has 5 heteroatoms. The fourth-order valence-corrected chi connectivity index (χ4v) is 2.51. The van der Waals surface area contributed by atoms with E-state index < -0.39 is 0 Å². The Kier molecular flexibility index (Phi) is 2.88. The summed E-state index contributed by atoms with van der Waals surface area (Å²) in [6.07, 6.45) is 3.95. The summed E-state index contributed by atoms with van der Waals surface area (Å²) in [5, 5.41) is 0. The molecule has 1 unspecified atom stereocenters. The Bertz CT molecular complexity index is 370. The first-order chi connectivity index (χ1) is 6.68. The van der Waals surface area contributed by atoms with Gasteiger partial charge < -0.3 is 4.90 Å². The zero-order valence-corrected chi connectivity index (χ0v) is 10.5. The summed E-state index contributed by atoms with van der Waals surface area (Å²) in [5.74, 6) is 0.152. The average Bonchev–Trinajstić information content (AvgIpc) is 2.46. The minimum atomic E-state index is 0.152. The molecule has 0 bridgehead atoms. The van der Waals surface area contributed by atoms with Crippen LogP contribution in [0.1, 0.15) is 6.42 Å². The molecule has 1 aromatic heterocycles. The summed E-state index contributed by atoms with van der Waals surface area (Å²) < 4.78 is 0.856. The largest absolute Gasteiger partial charge is 0.310 e. The van der Waals surface area contributed by atoms with Crippen LogP contribution >= 0.6 is 31.9 Å². The molecule has 0 aliphatic carbocycles. The molecule has 1 saturated heterocycles. The molecule has 0 saturated carbocycles. The molecule has 0 N–H and O–H groups in total. The van der Waals surface area contributed by atoms with Crippen molar-refractivity contribution in [1.29, 1.82) is 0 Å².